The highest BCUT2D eigenvalue weighted by Gasteiger charge is 2.30. The van der Waals surface area contributed by atoms with E-state index in [0.29, 0.717) is 17.6 Å². The molecule has 0 bridgehead atoms. The first-order valence-corrected chi connectivity index (χ1v) is 10.2. The van der Waals surface area contributed by atoms with Gasteiger partial charge in [-0.1, -0.05) is 30.7 Å². The van der Waals surface area contributed by atoms with Crippen LogP contribution in [0.2, 0.25) is 0 Å². The minimum absolute atomic E-state index is 0.00738. The van der Waals surface area contributed by atoms with Crippen molar-refractivity contribution < 1.29 is 4.79 Å². The third-order valence-corrected chi connectivity index (χ3v) is 6.73. The molecule has 1 atom stereocenters. The lowest BCUT2D eigenvalue weighted by Crippen LogP contribution is -2.37. The minimum Gasteiger partial charge on any atom is -0.344 e. The second-order valence-corrected chi connectivity index (χ2v) is 8.31. The summed E-state index contributed by atoms with van der Waals surface area (Å²) < 4.78 is 1.61. The molecule has 7 heteroatoms. The zero-order chi connectivity index (χ0) is 16.5. The van der Waals surface area contributed by atoms with Crippen molar-refractivity contribution in [3.63, 3.8) is 0 Å². The molecule has 1 aliphatic heterocycles. The number of carbonyl (C=O) groups is 1. The number of amides is 1. The van der Waals surface area contributed by atoms with Crippen LogP contribution < -0.4 is 10.9 Å². The molecule has 1 N–H and O–H groups in total. The average Bonchev–Trinajstić information content (AvgIpc) is 3.34. The van der Waals surface area contributed by atoms with E-state index in [0.717, 1.165) is 18.6 Å². The Balaban J connectivity index is 1.61. The number of fused-ring (bicyclic) bond motifs is 1. The molecule has 3 heterocycles. The van der Waals surface area contributed by atoms with Gasteiger partial charge in [0.15, 0.2) is 5.16 Å². The van der Waals surface area contributed by atoms with E-state index in [-0.39, 0.29) is 23.1 Å². The number of hydrogen-bond acceptors (Lipinski definition) is 5. The standard InChI is InChI=1S/C17H19N3O2S2/c21-15(12-10-18-17-20(16(12)22)7-9-24-17)19-14(11-4-1-2-5-11)13-6-3-8-23-13/h3,6,8,10-11,14H,1-2,4-5,7,9H2,(H,19,21)/t14-/m0/s1. The highest BCUT2D eigenvalue weighted by molar-refractivity contribution is 7.99. The molecule has 1 saturated carbocycles. The molecule has 0 saturated heterocycles. The highest BCUT2D eigenvalue weighted by Crippen LogP contribution is 2.37. The van der Waals surface area contributed by atoms with E-state index in [9.17, 15) is 9.59 Å². The van der Waals surface area contributed by atoms with Crippen LogP contribution in [0.4, 0.5) is 0 Å². The maximum atomic E-state index is 12.8. The summed E-state index contributed by atoms with van der Waals surface area (Å²) in [6, 6.07) is 4.07. The molecule has 0 aromatic carbocycles. The third-order valence-electron chi connectivity index (χ3n) is 4.81. The fraction of sp³-hybridized carbons (Fsp3) is 0.471. The van der Waals surface area contributed by atoms with E-state index in [2.05, 4.69) is 16.4 Å². The molecule has 0 radical (unpaired) electrons. The zero-order valence-corrected chi connectivity index (χ0v) is 14.9. The van der Waals surface area contributed by atoms with Gasteiger partial charge in [-0.05, 0) is 30.2 Å². The van der Waals surface area contributed by atoms with Gasteiger partial charge < -0.3 is 5.32 Å². The molecular formula is C17H19N3O2S2. The van der Waals surface area contributed by atoms with Crippen LogP contribution in [0.1, 0.15) is 47.0 Å². The SMILES string of the molecule is O=C(N[C@H](c1cccs1)C1CCCC1)c1cnc2n(c1=O)CCS2. The Kier molecular flexibility index (Phi) is 4.45. The van der Waals surface area contributed by atoms with Gasteiger partial charge in [-0.2, -0.15) is 0 Å². The molecule has 0 spiro atoms. The highest BCUT2D eigenvalue weighted by atomic mass is 32.2. The molecule has 1 aliphatic carbocycles. The molecule has 0 unspecified atom stereocenters. The van der Waals surface area contributed by atoms with E-state index in [1.807, 2.05) is 11.4 Å². The van der Waals surface area contributed by atoms with Crippen molar-refractivity contribution in [3.8, 4) is 0 Å². The number of carbonyl (C=O) groups excluding carboxylic acids is 1. The van der Waals surface area contributed by atoms with Crippen LogP contribution in [0.25, 0.3) is 0 Å². The molecular weight excluding hydrogens is 342 g/mol. The van der Waals surface area contributed by atoms with Crippen molar-refractivity contribution in [2.45, 2.75) is 43.4 Å². The first-order valence-electron chi connectivity index (χ1n) is 8.31. The van der Waals surface area contributed by atoms with Gasteiger partial charge in [0.1, 0.15) is 5.56 Å². The van der Waals surface area contributed by atoms with Gasteiger partial charge in [-0.3, -0.25) is 14.2 Å². The molecule has 126 valence electrons. The lowest BCUT2D eigenvalue weighted by molar-refractivity contribution is 0.0920. The number of thioether (sulfide) groups is 1. The Hall–Kier alpha value is -1.60. The van der Waals surface area contributed by atoms with E-state index in [1.54, 1.807) is 27.7 Å². The molecule has 1 fully saturated rings. The van der Waals surface area contributed by atoms with Crippen LogP contribution in [-0.4, -0.2) is 21.2 Å². The Labute approximate surface area is 148 Å². The summed E-state index contributed by atoms with van der Waals surface area (Å²) in [5, 5.41) is 5.87. The molecule has 4 rings (SSSR count). The second kappa shape index (κ2) is 6.72. The van der Waals surface area contributed by atoms with Gasteiger partial charge >= 0.3 is 0 Å². The number of nitrogens with zero attached hydrogens (tertiary/aromatic N) is 2. The van der Waals surface area contributed by atoms with Crippen molar-refractivity contribution in [3.05, 3.63) is 44.5 Å². The maximum absolute atomic E-state index is 12.8. The van der Waals surface area contributed by atoms with Gasteiger partial charge in [0, 0.05) is 23.4 Å². The molecule has 2 aromatic heterocycles. The lowest BCUT2D eigenvalue weighted by atomic mass is 9.96. The van der Waals surface area contributed by atoms with E-state index in [4.69, 9.17) is 0 Å². The van der Waals surface area contributed by atoms with Crippen molar-refractivity contribution in [2.75, 3.05) is 5.75 Å². The summed E-state index contributed by atoms with van der Waals surface area (Å²) in [5.41, 5.74) is -0.0698. The zero-order valence-electron chi connectivity index (χ0n) is 13.2. The van der Waals surface area contributed by atoms with Gasteiger partial charge in [-0.25, -0.2) is 4.98 Å². The van der Waals surface area contributed by atoms with Crippen LogP contribution in [0, 0.1) is 5.92 Å². The number of rotatable bonds is 4. The monoisotopic (exact) mass is 361 g/mol. The smallest absolute Gasteiger partial charge is 0.267 e. The number of nitrogens with one attached hydrogen (secondary N) is 1. The Bertz CT molecular complexity index is 795. The van der Waals surface area contributed by atoms with Gasteiger partial charge in [0.05, 0.1) is 6.04 Å². The van der Waals surface area contributed by atoms with E-state index < -0.39 is 0 Å². The molecule has 2 aromatic rings. The Morgan fingerprint density at radius 1 is 1.38 bits per heavy atom. The van der Waals surface area contributed by atoms with Crippen LogP contribution in [0.15, 0.2) is 33.7 Å². The fourth-order valence-corrected chi connectivity index (χ4v) is 5.36. The predicted molar refractivity (Wildman–Crippen MR) is 95.7 cm³/mol. The molecule has 2 aliphatic rings. The van der Waals surface area contributed by atoms with Gasteiger partial charge in [0.25, 0.3) is 11.5 Å². The predicted octanol–water partition coefficient (Wildman–Crippen LogP) is 3.07. The Morgan fingerprint density at radius 3 is 2.96 bits per heavy atom. The topological polar surface area (TPSA) is 64.0 Å². The minimum atomic E-state index is -0.301. The van der Waals surface area contributed by atoms with Crippen LogP contribution in [0.3, 0.4) is 0 Å². The summed E-state index contributed by atoms with van der Waals surface area (Å²) in [7, 11) is 0. The first-order chi connectivity index (χ1) is 11.7. The fourth-order valence-electron chi connectivity index (χ4n) is 3.57. The average molecular weight is 361 g/mol. The second-order valence-electron chi connectivity index (χ2n) is 6.27. The lowest BCUT2D eigenvalue weighted by Gasteiger charge is -2.23. The largest absolute Gasteiger partial charge is 0.344 e. The normalized spacial score (nSPS) is 18.5. The van der Waals surface area contributed by atoms with Crippen LogP contribution in [0.5, 0.6) is 0 Å². The summed E-state index contributed by atoms with van der Waals surface area (Å²) in [6.45, 7) is 0.629. The summed E-state index contributed by atoms with van der Waals surface area (Å²) in [6.07, 6.45) is 6.11. The van der Waals surface area contributed by atoms with Crippen molar-refractivity contribution >= 4 is 29.0 Å². The summed E-state index contributed by atoms with van der Waals surface area (Å²) >= 11 is 3.22. The third kappa shape index (κ3) is 2.91. The van der Waals surface area contributed by atoms with Crippen LogP contribution >= 0.6 is 23.1 Å². The number of hydrogen-bond donors (Lipinski definition) is 1. The van der Waals surface area contributed by atoms with Crippen molar-refractivity contribution in [1.82, 2.24) is 14.9 Å². The number of aromatic nitrogens is 2. The maximum Gasteiger partial charge on any atom is 0.267 e. The summed E-state index contributed by atoms with van der Waals surface area (Å²) in [5.74, 6) is 0.992. The Morgan fingerprint density at radius 2 is 2.21 bits per heavy atom. The first kappa shape index (κ1) is 15.9. The summed E-state index contributed by atoms with van der Waals surface area (Å²) in [4.78, 5) is 30.7. The van der Waals surface area contributed by atoms with Crippen molar-refractivity contribution in [1.29, 1.82) is 0 Å². The quantitative estimate of drug-likeness (QED) is 0.850. The number of thiophene rings is 1. The van der Waals surface area contributed by atoms with Crippen LogP contribution in [-0.2, 0) is 6.54 Å². The van der Waals surface area contributed by atoms with Crippen molar-refractivity contribution in [2.24, 2.45) is 5.92 Å². The van der Waals surface area contributed by atoms with E-state index in [1.165, 1.54) is 23.9 Å². The molecule has 5 nitrogen and oxygen atoms in total. The van der Waals surface area contributed by atoms with E-state index >= 15 is 0 Å². The molecule has 24 heavy (non-hydrogen) atoms. The molecule has 1 amide bonds. The van der Waals surface area contributed by atoms with Gasteiger partial charge in [-0.15, -0.1) is 11.3 Å². The van der Waals surface area contributed by atoms with Gasteiger partial charge in [0.2, 0.25) is 0 Å².